The van der Waals surface area contributed by atoms with E-state index < -0.39 is 0 Å². The highest BCUT2D eigenvalue weighted by Gasteiger charge is 2.25. The zero-order valence-electron chi connectivity index (χ0n) is 13.8. The minimum absolute atomic E-state index is 0.00212. The number of nitrogens with one attached hydrogen (secondary N) is 1. The van der Waals surface area contributed by atoms with Gasteiger partial charge in [0.25, 0.3) is 0 Å². The number of nitrogens with zero attached hydrogens (tertiary/aromatic N) is 2. The molecule has 6 heteroatoms. The second kappa shape index (κ2) is 8.34. The van der Waals surface area contributed by atoms with Crippen LogP contribution in [0.2, 0.25) is 0 Å². The molecule has 0 bridgehead atoms. The molecule has 1 saturated heterocycles. The lowest BCUT2D eigenvalue weighted by molar-refractivity contribution is -0.137. The summed E-state index contributed by atoms with van der Waals surface area (Å²) >= 11 is 0. The molecule has 6 nitrogen and oxygen atoms in total. The zero-order chi connectivity index (χ0) is 16.0. The first-order valence-corrected chi connectivity index (χ1v) is 7.86. The van der Waals surface area contributed by atoms with Crippen molar-refractivity contribution in [3.63, 3.8) is 0 Å². The molecule has 1 heterocycles. The van der Waals surface area contributed by atoms with Gasteiger partial charge >= 0.3 is 0 Å². The predicted octanol–water partition coefficient (Wildman–Crippen LogP) is 0.0286. The Morgan fingerprint density at radius 1 is 1.38 bits per heavy atom. The van der Waals surface area contributed by atoms with Crippen molar-refractivity contribution in [3.8, 4) is 0 Å². The lowest BCUT2D eigenvalue weighted by atomic mass is 9.96. The Morgan fingerprint density at radius 3 is 2.57 bits per heavy atom. The molecule has 1 rings (SSSR count). The Balaban J connectivity index is 2.49. The van der Waals surface area contributed by atoms with Crippen molar-refractivity contribution in [3.05, 3.63) is 0 Å². The Morgan fingerprint density at radius 2 is 2.05 bits per heavy atom. The van der Waals surface area contributed by atoms with E-state index >= 15 is 0 Å². The number of carbonyl (C=O) groups is 2. The summed E-state index contributed by atoms with van der Waals surface area (Å²) < 4.78 is 0. The first kappa shape index (κ1) is 17.9. The molecule has 0 aromatic heterocycles. The van der Waals surface area contributed by atoms with E-state index in [1.165, 1.54) is 0 Å². The SMILES string of the molecule is CCN(CC(=O)NC(C)C)C(=O)CN1CC(C)CC(N)C1. The first-order chi connectivity index (χ1) is 9.81. The molecule has 1 aliphatic rings. The molecular weight excluding hydrogens is 268 g/mol. The number of rotatable bonds is 6. The summed E-state index contributed by atoms with van der Waals surface area (Å²) in [6.07, 6.45) is 1.01. The van der Waals surface area contributed by atoms with Crippen LogP contribution in [0, 0.1) is 5.92 Å². The lowest BCUT2D eigenvalue weighted by Gasteiger charge is -2.35. The highest BCUT2D eigenvalue weighted by Crippen LogP contribution is 2.14. The van der Waals surface area contributed by atoms with Crippen LogP contribution in [0.1, 0.15) is 34.1 Å². The highest BCUT2D eigenvalue weighted by molar-refractivity contribution is 5.85. The summed E-state index contributed by atoms with van der Waals surface area (Å²) in [5.41, 5.74) is 6.00. The fraction of sp³-hybridized carbons (Fsp3) is 0.867. The number of likely N-dealkylation sites (N-methyl/N-ethyl adjacent to an activating group) is 1. The fourth-order valence-electron chi connectivity index (χ4n) is 2.85. The number of carbonyl (C=O) groups excluding carboxylic acids is 2. The van der Waals surface area contributed by atoms with Gasteiger partial charge in [0.2, 0.25) is 11.8 Å². The van der Waals surface area contributed by atoms with Crippen molar-refractivity contribution in [1.29, 1.82) is 0 Å². The van der Waals surface area contributed by atoms with Crippen LogP contribution < -0.4 is 11.1 Å². The molecule has 2 unspecified atom stereocenters. The van der Waals surface area contributed by atoms with Gasteiger partial charge in [-0.2, -0.15) is 0 Å². The summed E-state index contributed by atoms with van der Waals surface area (Å²) in [7, 11) is 0. The van der Waals surface area contributed by atoms with Crippen LogP contribution in [0.5, 0.6) is 0 Å². The average Bonchev–Trinajstić information content (AvgIpc) is 2.33. The normalized spacial score (nSPS) is 23.1. The quantitative estimate of drug-likeness (QED) is 0.725. The third-order valence-electron chi connectivity index (χ3n) is 3.65. The second-order valence-electron chi connectivity index (χ2n) is 6.43. The molecule has 0 spiro atoms. The molecular formula is C15H30N4O2. The van der Waals surface area contributed by atoms with Crippen LogP contribution in [-0.2, 0) is 9.59 Å². The molecule has 0 saturated carbocycles. The largest absolute Gasteiger partial charge is 0.352 e. The maximum Gasteiger partial charge on any atom is 0.239 e. The van der Waals surface area contributed by atoms with Gasteiger partial charge in [0.1, 0.15) is 0 Å². The molecule has 0 radical (unpaired) electrons. The fourth-order valence-corrected chi connectivity index (χ4v) is 2.85. The summed E-state index contributed by atoms with van der Waals surface area (Å²) in [4.78, 5) is 27.8. The van der Waals surface area contributed by atoms with Crippen molar-refractivity contribution in [2.75, 3.05) is 32.7 Å². The number of hydrogen-bond acceptors (Lipinski definition) is 4. The molecule has 1 aliphatic heterocycles. The third kappa shape index (κ3) is 6.44. The molecule has 3 N–H and O–H groups in total. The lowest BCUT2D eigenvalue weighted by Crippen LogP contribution is -2.51. The van der Waals surface area contributed by atoms with E-state index in [0.717, 1.165) is 19.5 Å². The predicted molar refractivity (Wildman–Crippen MR) is 83.7 cm³/mol. The molecule has 1 fully saturated rings. The minimum atomic E-state index is -0.107. The van der Waals surface area contributed by atoms with Crippen LogP contribution in [0.25, 0.3) is 0 Å². The van der Waals surface area contributed by atoms with Gasteiger partial charge in [0, 0.05) is 31.7 Å². The van der Waals surface area contributed by atoms with Crippen LogP contribution in [-0.4, -0.2) is 66.4 Å². The molecule has 2 amide bonds. The molecule has 122 valence electrons. The van der Waals surface area contributed by atoms with Crippen molar-refractivity contribution in [2.45, 2.75) is 46.2 Å². The Hall–Kier alpha value is -1.14. The van der Waals surface area contributed by atoms with Gasteiger partial charge in [-0.15, -0.1) is 0 Å². The van der Waals surface area contributed by atoms with E-state index in [1.54, 1.807) is 4.90 Å². The Kier molecular flexibility index (Phi) is 7.11. The zero-order valence-corrected chi connectivity index (χ0v) is 13.8. The topological polar surface area (TPSA) is 78.7 Å². The van der Waals surface area contributed by atoms with Gasteiger partial charge in [0.15, 0.2) is 0 Å². The van der Waals surface area contributed by atoms with Crippen LogP contribution in [0.4, 0.5) is 0 Å². The summed E-state index contributed by atoms with van der Waals surface area (Å²) in [5, 5.41) is 2.81. The van der Waals surface area contributed by atoms with Crippen LogP contribution in [0.15, 0.2) is 0 Å². The standard InChI is InChI=1S/C15H30N4O2/c1-5-19(9-14(20)17-11(2)3)15(21)10-18-7-12(4)6-13(16)8-18/h11-13H,5-10,16H2,1-4H3,(H,17,20). The van der Waals surface area contributed by atoms with Crippen LogP contribution in [0.3, 0.4) is 0 Å². The van der Waals surface area contributed by atoms with E-state index in [4.69, 9.17) is 5.73 Å². The molecule has 0 aromatic rings. The third-order valence-corrected chi connectivity index (χ3v) is 3.65. The Labute approximate surface area is 128 Å². The maximum absolute atomic E-state index is 12.3. The van der Waals surface area contributed by atoms with E-state index in [9.17, 15) is 9.59 Å². The molecule has 21 heavy (non-hydrogen) atoms. The minimum Gasteiger partial charge on any atom is -0.352 e. The molecule has 0 aromatic carbocycles. The van der Waals surface area contributed by atoms with Crippen molar-refractivity contribution < 1.29 is 9.59 Å². The maximum atomic E-state index is 12.3. The van der Waals surface area contributed by atoms with E-state index in [0.29, 0.717) is 19.0 Å². The average molecular weight is 298 g/mol. The van der Waals surface area contributed by atoms with Gasteiger partial charge in [0.05, 0.1) is 13.1 Å². The number of likely N-dealkylation sites (tertiary alicyclic amines) is 1. The van der Waals surface area contributed by atoms with E-state index in [2.05, 4.69) is 17.1 Å². The highest BCUT2D eigenvalue weighted by atomic mass is 16.2. The Bertz CT molecular complexity index is 350. The smallest absolute Gasteiger partial charge is 0.239 e. The van der Waals surface area contributed by atoms with Crippen molar-refractivity contribution in [1.82, 2.24) is 15.1 Å². The molecule has 2 atom stereocenters. The monoisotopic (exact) mass is 298 g/mol. The van der Waals surface area contributed by atoms with E-state index in [-0.39, 0.29) is 30.4 Å². The first-order valence-electron chi connectivity index (χ1n) is 7.86. The van der Waals surface area contributed by atoms with E-state index in [1.807, 2.05) is 20.8 Å². The second-order valence-corrected chi connectivity index (χ2v) is 6.43. The summed E-state index contributed by atoms with van der Waals surface area (Å²) in [6.45, 7) is 10.5. The summed E-state index contributed by atoms with van der Waals surface area (Å²) in [6, 6.07) is 0.230. The molecule has 0 aliphatic carbocycles. The number of piperidine rings is 1. The van der Waals surface area contributed by atoms with Gasteiger partial charge < -0.3 is 16.0 Å². The van der Waals surface area contributed by atoms with Crippen molar-refractivity contribution >= 4 is 11.8 Å². The van der Waals surface area contributed by atoms with Crippen LogP contribution >= 0.6 is 0 Å². The number of hydrogen-bond donors (Lipinski definition) is 2. The summed E-state index contributed by atoms with van der Waals surface area (Å²) in [5.74, 6) is 0.405. The van der Waals surface area contributed by atoms with Gasteiger partial charge in [-0.25, -0.2) is 0 Å². The number of nitrogens with two attached hydrogens (primary N) is 1. The van der Waals surface area contributed by atoms with Gasteiger partial charge in [-0.1, -0.05) is 6.92 Å². The number of amides is 2. The van der Waals surface area contributed by atoms with Gasteiger partial charge in [-0.05, 0) is 33.1 Å². The van der Waals surface area contributed by atoms with Gasteiger partial charge in [-0.3, -0.25) is 14.5 Å². The van der Waals surface area contributed by atoms with Crippen molar-refractivity contribution in [2.24, 2.45) is 11.7 Å².